The van der Waals surface area contributed by atoms with Gasteiger partial charge in [-0.2, -0.15) is 0 Å². The summed E-state index contributed by atoms with van der Waals surface area (Å²) in [6.07, 6.45) is 0. The Balaban J connectivity index is 1.66. The molecule has 6 nitrogen and oxygen atoms in total. The van der Waals surface area contributed by atoms with Crippen molar-refractivity contribution in [2.75, 3.05) is 12.4 Å². The highest BCUT2D eigenvalue weighted by molar-refractivity contribution is 6.30. The average Bonchev–Trinajstić information content (AvgIpc) is 2.72. The standard InChI is InChI=1S/C21H19ClN2O4/c1-27-20-9-5-18(6-10-20)23-13-16-12-17(22)4-11-21(16)28-14-15-2-7-19(8-3-15)24(25)26/h2-12,23H,13-14H2,1H3. The summed E-state index contributed by atoms with van der Waals surface area (Å²) in [5, 5.41) is 14.7. The summed E-state index contributed by atoms with van der Waals surface area (Å²) >= 11 is 6.14. The lowest BCUT2D eigenvalue weighted by Crippen LogP contribution is -2.04. The topological polar surface area (TPSA) is 73.6 Å². The molecule has 0 unspecified atom stereocenters. The first-order valence-corrected chi connectivity index (χ1v) is 8.95. The van der Waals surface area contributed by atoms with E-state index in [-0.39, 0.29) is 5.69 Å². The number of hydrogen-bond donors (Lipinski definition) is 1. The molecule has 3 aromatic carbocycles. The summed E-state index contributed by atoms with van der Waals surface area (Å²) in [7, 11) is 1.63. The van der Waals surface area contributed by atoms with Crippen LogP contribution in [0.4, 0.5) is 11.4 Å². The predicted octanol–water partition coefficient (Wildman–Crippen LogP) is 5.45. The molecular formula is C21H19ClN2O4. The average molecular weight is 399 g/mol. The van der Waals surface area contributed by atoms with Crippen LogP contribution in [0.3, 0.4) is 0 Å². The summed E-state index contributed by atoms with van der Waals surface area (Å²) < 4.78 is 11.1. The number of nitrogens with zero attached hydrogens (tertiary/aromatic N) is 1. The number of ether oxygens (including phenoxy) is 2. The van der Waals surface area contributed by atoms with Crippen molar-refractivity contribution in [2.24, 2.45) is 0 Å². The minimum Gasteiger partial charge on any atom is -0.497 e. The van der Waals surface area contributed by atoms with Gasteiger partial charge in [-0.05, 0) is 60.2 Å². The van der Waals surface area contributed by atoms with Crippen molar-refractivity contribution in [3.05, 3.63) is 93.0 Å². The fourth-order valence-corrected chi connectivity index (χ4v) is 2.80. The van der Waals surface area contributed by atoms with Gasteiger partial charge < -0.3 is 14.8 Å². The van der Waals surface area contributed by atoms with E-state index in [4.69, 9.17) is 21.1 Å². The molecule has 0 fully saturated rings. The normalized spacial score (nSPS) is 10.4. The van der Waals surface area contributed by atoms with E-state index in [1.165, 1.54) is 12.1 Å². The number of nitro benzene ring substituents is 1. The Kier molecular flexibility index (Phi) is 6.34. The zero-order chi connectivity index (χ0) is 19.9. The quantitative estimate of drug-likeness (QED) is 0.403. The Hall–Kier alpha value is -3.25. The number of rotatable bonds is 8. The minimum atomic E-state index is -0.424. The van der Waals surface area contributed by atoms with Crippen molar-refractivity contribution in [2.45, 2.75) is 13.2 Å². The molecule has 3 rings (SSSR count). The molecule has 0 saturated carbocycles. The number of nitro groups is 1. The van der Waals surface area contributed by atoms with E-state index in [2.05, 4.69) is 5.32 Å². The van der Waals surface area contributed by atoms with Crippen molar-refractivity contribution in [1.82, 2.24) is 0 Å². The largest absolute Gasteiger partial charge is 0.497 e. The highest BCUT2D eigenvalue weighted by Gasteiger charge is 2.08. The second kappa shape index (κ2) is 9.10. The van der Waals surface area contributed by atoms with E-state index < -0.39 is 4.92 Å². The maximum absolute atomic E-state index is 10.7. The maximum atomic E-state index is 10.7. The predicted molar refractivity (Wildman–Crippen MR) is 109 cm³/mol. The molecule has 0 atom stereocenters. The van der Waals surface area contributed by atoms with E-state index in [0.29, 0.717) is 23.9 Å². The zero-order valence-corrected chi connectivity index (χ0v) is 16.0. The van der Waals surface area contributed by atoms with Crippen molar-refractivity contribution in [3.8, 4) is 11.5 Å². The van der Waals surface area contributed by atoms with Crippen LogP contribution in [-0.2, 0) is 13.2 Å². The molecule has 0 heterocycles. The third kappa shape index (κ3) is 5.14. The Bertz CT molecular complexity index is 944. The summed E-state index contributed by atoms with van der Waals surface area (Å²) in [6, 6.07) is 19.4. The molecule has 0 spiro atoms. The van der Waals surface area contributed by atoms with E-state index in [1.54, 1.807) is 25.3 Å². The molecule has 3 aromatic rings. The first-order valence-electron chi connectivity index (χ1n) is 8.57. The van der Waals surface area contributed by atoms with Crippen LogP contribution in [0, 0.1) is 10.1 Å². The summed E-state index contributed by atoms with van der Waals surface area (Å²) in [5.74, 6) is 1.49. The highest BCUT2D eigenvalue weighted by Crippen LogP contribution is 2.26. The molecule has 1 N–H and O–H groups in total. The van der Waals surface area contributed by atoms with Gasteiger partial charge in [0.15, 0.2) is 0 Å². The first-order chi connectivity index (χ1) is 13.5. The molecule has 0 radical (unpaired) electrons. The fraction of sp³-hybridized carbons (Fsp3) is 0.143. The van der Waals surface area contributed by atoms with Crippen LogP contribution >= 0.6 is 11.6 Å². The Morgan fingerprint density at radius 3 is 2.39 bits per heavy atom. The summed E-state index contributed by atoms with van der Waals surface area (Å²) in [4.78, 5) is 10.3. The Morgan fingerprint density at radius 2 is 1.75 bits per heavy atom. The number of nitrogens with one attached hydrogen (secondary N) is 1. The maximum Gasteiger partial charge on any atom is 0.269 e. The molecule has 28 heavy (non-hydrogen) atoms. The van der Waals surface area contributed by atoms with Crippen LogP contribution in [-0.4, -0.2) is 12.0 Å². The number of methoxy groups -OCH3 is 1. The molecule has 0 bridgehead atoms. The van der Waals surface area contributed by atoms with E-state index >= 15 is 0 Å². The van der Waals surface area contributed by atoms with Crippen LogP contribution in [0.1, 0.15) is 11.1 Å². The molecule has 0 aliphatic rings. The van der Waals surface area contributed by atoms with Crippen molar-refractivity contribution in [1.29, 1.82) is 0 Å². The van der Waals surface area contributed by atoms with Gasteiger partial charge in [-0.1, -0.05) is 11.6 Å². The number of hydrogen-bond acceptors (Lipinski definition) is 5. The number of benzene rings is 3. The summed E-state index contributed by atoms with van der Waals surface area (Å²) in [5.41, 5.74) is 2.75. The highest BCUT2D eigenvalue weighted by atomic mass is 35.5. The second-order valence-corrected chi connectivity index (χ2v) is 6.48. The minimum absolute atomic E-state index is 0.0552. The second-order valence-electron chi connectivity index (χ2n) is 6.05. The summed E-state index contributed by atoms with van der Waals surface area (Å²) in [6.45, 7) is 0.831. The van der Waals surface area contributed by atoms with Gasteiger partial charge in [0, 0.05) is 35.0 Å². The van der Waals surface area contributed by atoms with Crippen LogP contribution < -0.4 is 14.8 Å². The van der Waals surface area contributed by atoms with Gasteiger partial charge in [-0.3, -0.25) is 10.1 Å². The van der Waals surface area contributed by atoms with Gasteiger partial charge in [0.2, 0.25) is 0 Å². The number of halogens is 1. The SMILES string of the molecule is COc1ccc(NCc2cc(Cl)ccc2OCc2ccc([N+](=O)[O-])cc2)cc1. The lowest BCUT2D eigenvalue weighted by Gasteiger charge is -2.14. The van der Waals surface area contributed by atoms with Gasteiger partial charge in [0.05, 0.1) is 12.0 Å². The zero-order valence-electron chi connectivity index (χ0n) is 15.2. The van der Waals surface area contributed by atoms with Crippen molar-refractivity contribution < 1.29 is 14.4 Å². The molecule has 0 aliphatic carbocycles. The van der Waals surface area contributed by atoms with Crippen LogP contribution in [0.15, 0.2) is 66.7 Å². The number of anilines is 1. The van der Waals surface area contributed by atoms with Crippen LogP contribution in [0.2, 0.25) is 5.02 Å². The van der Waals surface area contributed by atoms with E-state index in [0.717, 1.165) is 22.6 Å². The van der Waals surface area contributed by atoms with E-state index in [1.807, 2.05) is 36.4 Å². The fourth-order valence-electron chi connectivity index (χ4n) is 2.61. The molecule has 0 saturated heterocycles. The Morgan fingerprint density at radius 1 is 1.04 bits per heavy atom. The molecular weight excluding hydrogens is 380 g/mol. The van der Waals surface area contributed by atoms with Gasteiger partial charge in [0.1, 0.15) is 18.1 Å². The lowest BCUT2D eigenvalue weighted by molar-refractivity contribution is -0.384. The van der Waals surface area contributed by atoms with Gasteiger partial charge in [-0.25, -0.2) is 0 Å². The number of non-ortho nitro benzene ring substituents is 1. The molecule has 144 valence electrons. The van der Waals surface area contributed by atoms with E-state index in [9.17, 15) is 10.1 Å². The van der Waals surface area contributed by atoms with Crippen LogP contribution in [0.5, 0.6) is 11.5 Å². The third-order valence-electron chi connectivity index (χ3n) is 4.14. The van der Waals surface area contributed by atoms with Gasteiger partial charge >= 0.3 is 0 Å². The molecule has 0 aliphatic heterocycles. The lowest BCUT2D eigenvalue weighted by atomic mass is 10.2. The molecule has 0 amide bonds. The first kappa shape index (κ1) is 19.5. The third-order valence-corrected chi connectivity index (χ3v) is 4.37. The monoisotopic (exact) mass is 398 g/mol. The van der Waals surface area contributed by atoms with Gasteiger partial charge in [0.25, 0.3) is 5.69 Å². The molecule has 7 heteroatoms. The van der Waals surface area contributed by atoms with Crippen LogP contribution in [0.25, 0.3) is 0 Å². The van der Waals surface area contributed by atoms with Gasteiger partial charge in [-0.15, -0.1) is 0 Å². The van der Waals surface area contributed by atoms with Crippen molar-refractivity contribution in [3.63, 3.8) is 0 Å². The Labute approximate surface area is 167 Å². The van der Waals surface area contributed by atoms with Crippen molar-refractivity contribution >= 4 is 23.0 Å². The molecule has 0 aromatic heterocycles. The smallest absolute Gasteiger partial charge is 0.269 e.